The molecule has 0 nitrogen and oxygen atoms in total. The molecule has 0 unspecified atom stereocenters. The maximum atomic E-state index is 1.67. The lowest BCUT2D eigenvalue weighted by Crippen LogP contribution is -2.39. The lowest BCUT2D eigenvalue weighted by atomic mass is 9.98. The first-order valence-electron chi connectivity index (χ1n) is 15.5. The first-order chi connectivity index (χ1) is 15.9. The predicted octanol–water partition coefficient (Wildman–Crippen LogP) is 10.6. The van der Waals surface area contributed by atoms with E-state index in [-0.39, 0.29) is 15.8 Å². The summed E-state index contributed by atoms with van der Waals surface area (Å²) in [5, 5.41) is 0. The van der Waals surface area contributed by atoms with Crippen molar-refractivity contribution >= 4 is 15.8 Å². The zero-order valence-corrected chi connectivity index (χ0v) is 23.1. The van der Waals surface area contributed by atoms with Crippen molar-refractivity contribution < 1.29 is 0 Å². The molecule has 0 amide bonds. The minimum absolute atomic E-state index is 0.287. The standard InChI is InChI=1S/C30H54P2/c1-5-15-25(16-6-1)31(26-17-7-2-8-18-26)29-23-13-14-24-30(29)32(27-19-9-3-10-20-27)28-21-11-4-12-22-28/h25-30H,1-24H2/t29-,30-/m1/s1. The van der Waals surface area contributed by atoms with Crippen molar-refractivity contribution in [2.75, 3.05) is 0 Å². The molecule has 0 spiro atoms. The van der Waals surface area contributed by atoms with Gasteiger partial charge in [-0.2, -0.15) is 0 Å². The van der Waals surface area contributed by atoms with Crippen molar-refractivity contribution in [3.63, 3.8) is 0 Å². The molecule has 0 aromatic rings. The Morgan fingerprint density at radius 2 is 0.469 bits per heavy atom. The van der Waals surface area contributed by atoms with E-state index < -0.39 is 0 Å². The van der Waals surface area contributed by atoms with Crippen LogP contribution in [0, 0.1) is 0 Å². The fourth-order valence-corrected chi connectivity index (χ4v) is 19.2. The van der Waals surface area contributed by atoms with E-state index in [0.717, 1.165) is 0 Å². The molecule has 5 aliphatic carbocycles. The van der Waals surface area contributed by atoms with Gasteiger partial charge >= 0.3 is 0 Å². The SMILES string of the molecule is C1CCC(P(C2CCCCC2)[C@@H]2CCCC[C@H]2P(C2CCCCC2)C2CCCCC2)CC1. The molecule has 0 radical (unpaired) electrons. The summed E-state index contributed by atoms with van der Waals surface area (Å²) in [7, 11) is 0.574. The van der Waals surface area contributed by atoms with Crippen LogP contribution in [0.3, 0.4) is 0 Å². The molecule has 5 aliphatic rings. The molecule has 0 aromatic heterocycles. The minimum Gasteiger partial charge on any atom is -0.0965 e. The molecule has 0 saturated heterocycles. The lowest BCUT2D eigenvalue weighted by molar-refractivity contribution is 0.448. The van der Waals surface area contributed by atoms with Gasteiger partial charge in [-0.05, 0) is 98.2 Å². The molecule has 5 fully saturated rings. The summed E-state index contributed by atoms with van der Waals surface area (Å²) in [6, 6.07) is 0. The zero-order chi connectivity index (χ0) is 21.6. The quantitative estimate of drug-likeness (QED) is 0.334. The van der Waals surface area contributed by atoms with E-state index in [4.69, 9.17) is 0 Å². The van der Waals surface area contributed by atoms with Crippen molar-refractivity contribution in [1.82, 2.24) is 0 Å². The summed E-state index contributed by atoms with van der Waals surface area (Å²) in [5.41, 5.74) is 7.15. The smallest absolute Gasteiger partial charge is 0.0136 e. The summed E-state index contributed by atoms with van der Waals surface area (Å²) >= 11 is 0. The molecule has 184 valence electrons. The van der Waals surface area contributed by atoms with Gasteiger partial charge in [-0.15, -0.1) is 0 Å². The third-order valence-corrected chi connectivity index (χ3v) is 18.9. The van der Waals surface area contributed by atoms with Crippen LogP contribution in [0.25, 0.3) is 0 Å². The molecule has 0 aromatic carbocycles. The van der Waals surface area contributed by atoms with Crippen molar-refractivity contribution in [3.05, 3.63) is 0 Å². The topological polar surface area (TPSA) is 0 Å². The fourth-order valence-electron chi connectivity index (χ4n) is 8.98. The number of hydrogen-bond acceptors (Lipinski definition) is 0. The first-order valence-corrected chi connectivity index (χ1v) is 18.6. The van der Waals surface area contributed by atoms with E-state index in [2.05, 4.69) is 0 Å². The first kappa shape index (κ1) is 24.5. The Balaban J connectivity index is 1.42. The summed E-state index contributed by atoms with van der Waals surface area (Å²) in [5.74, 6) is 0. The van der Waals surface area contributed by atoms with Gasteiger partial charge in [-0.3, -0.25) is 0 Å². The fraction of sp³-hybridized carbons (Fsp3) is 1.00. The van der Waals surface area contributed by atoms with Crippen molar-refractivity contribution in [2.24, 2.45) is 0 Å². The van der Waals surface area contributed by atoms with Gasteiger partial charge in [0.05, 0.1) is 0 Å². The van der Waals surface area contributed by atoms with Crippen LogP contribution >= 0.6 is 15.8 Å². The van der Waals surface area contributed by atoms with E-state index in [1.54, 1.807) is 154 Å². The second kappa shape index (κ2) is 12.7. The van der Waals surface area contributed by atoms with Crippen LogP contribution in [-0.2, 0) is 0 Å². The zero-order valence-electron chi connectivity index (χ0n) is 21.3. The Bertz CT molecular complexity index is 439. The number of hydrogen-bond donors (Lipinski definition) is 0. The molecule has 2 heteroatoms. The van der Waals surface area contributed by atoms with E-state index in [1.807, 2.05) is 0 Å². The Morgan fingerprint density at radius 1 is 0.250 bits per heavy atom. The Morgan fingerprint density at radius 3 is 0.719 bits per heavy atom. The van der Waals surface area contributed by atoms with Crippen LogP contribution in [-0.4, -0.2) is 34.0 Å². The van der Waals surface area contributed by atoms with Gasteiger partial charge in [0, 0.05) is 0 Å². The molecule has 0 heterocycles. The van der Waals surface area contributed by atoms with Gasteiger partial charge in [-0.25, -0.2) is 0 Å². The van der Waals surface area contributed by atoms with Crippen molar-refractivity contribution in [1.29, 1.82) is 0 Å². The molecular formula is C30H54P2. The van der Waals surface area contributed by atoms with Crippen LogP contribution < -0.4 is 0 Å². The summed E-state index contributed by atoms with van der Waals surface area (Å²) in [6.45, 7) is 0. The highest BCUT2D eigenvalue weighted by Gasteiger charge is 2.46. The number of rotatable bonds is 6. The highest BCUT2D eigenvalue weighted by Crippen LogP contribution is 2.69. The maximum Gasteiger partial charge on any atom is -0.0136 e. The maximum absolute atomic E-state index is 1.67. The molecule has 0 aliphatic heterocycles. The van der Waals surface area contributed by atoms with Crippen molar-refractivity contribution in [2.45, 2.75) is 188 Å². The Kier molecular flexibility index (Phi) is 9.75. The average Bonchev–Trinajstić information content (AvgIpc) is 2.88. The van der Waals surface area contributed by atoms with Crippen LogP contribution in [0.15, 0.2) is 0 Å². The molecule has 0 N–H and O–H groups in total. The van der Waals surface area contributed by atoms with Crippen molar-refractivity contribution in [3.8, 4) is 0 Å². The highest BCUT2D eigenvalue weighted by molar-refractivity contribution is 7.64. The van der Waals surface area contributed by atoms with Crippen LogP contribution in [0.2, 0.25) is 0 Å². The van der Waals surface area contributed by atoms with Crippen LogP contribution in [0.5, 0.6) is 0 Å². The van der Waals surface area contributed by atoms with Gasteiger partial charge in [0.25, 0.3) is 0 Å². The third-order valence-electron chi connectivity index (χ3n) is 10.4. The third kappa shape index (κ3) is 5.98. The Labute approximate surface area is 203 Å². The highest BCUT2D eigenvalue weighted by atomic mass is 31.1. The summed E-state index contributed by atoms with van der Waals surface area (Å²) in [4.78, 5) is 0. The van der Waals surface area contributed by atoms with E-state index in [1.165, 1.54) is 34.0 Å². The van der Waals surface area contributed by atoms with Crippen LogP contribution in [0.4, 0.5) is 0 Å². The molecule has 5 saturated carbocycles. The summed E-state index contributed by atoms with van der Waals surface area (Å²) in [6.07, 6.45) is 38.4. The van der Waals surface area contributed by atoms with E-state index in [0.29, 0.717) is 0 Å². The van der Waals surface area contributed by atoms with Gasteiger partial charge in [0.1, 0.15) is 0 Å². The minimum atomic E-state index is 0.287. The second-order valence-corrected chi connectivity index (χ2v) is 18.5. The molecular weight excluding hydrogens is 422 g/mol. The van der Waals surface area contributed by atoms with Gasteiger partial charge in [0.2, 0.25) is 0 Å². The summed E-state index contributed by atoms with van der Waals surface area (Å²) < 4.78 is 0. The van der Waals surface area contributed by atoms with E-state index in [9.17, 15) is 0 Å². The lowest BCUT2D eigenvalue weighted by Gasteiger charge is -2.53. The Hall–Kier alpha value is 0.860. The largest absolute Gasteiger partial charge is 0.0965 e. The normalized spacial score (nSPS) is 33.2. The monoisotopic (exact) mass is 476 g/mol. The molecule has 0 bridgehead atoms. The van der Waals surface area contributed by atoms with Gasteiger partial charge < -0.3 is 0 Å². The van der Waals surface area contributed by atoms with Crippen LogP contribution in [0.1, 0.15) is 154 Å². The van der Waals surface area contributed by atoms with E-state index >= 15 is 0 Å². The molecule has 5 rings (SSSR count). The van der Waals surface area contributed by atoms with Gasteiger partial charge in [0.15, 0.2) is 0 Å². The second-order valence-electron chi connectivity index (χ2n) is 12.5. The molecule has 32 heavy (non-hydrogen) atoms. The molecule has 2 atom stereocenters. The van der Waals surface area contributed by atoms with Gasteiger partial charge in [-0.1, -0.05) is 106 Å². The predicted molar refractivity (Wildman–Crippen MR) is 147 cm³/mol. The average molecular weight is 477 g/mol.